The summed E-state index contributed by atoms with van der Waals surface area (Å²) in [5, 5.41) is 0. The zero-order valence-corrected chi connectivity index (χ0v) is 7.59. The van der Waals surface area contributed by atoms with Crippen LogP contribution in [-0.4, -0.2) is 13.1 Å². The number of methoxy groups -OCH3 is 1. The second-order valence-electron chi connectivity index (χ2n) is 3.22. The first-order valence-electron chi connectivity index (χ1n) is 4.30. The van der Waals surface area contributed by atoms with E-state index in [0.717, 1.165) is 0 Å². The van der Waals surface area contributed by atoms with Gasteiger partial charge in [-0.05, 0) is 12.8 Å². The van der Waals surface area contributed by atoms with Crippen molar-refractivity contribution in [2.45, 2.75) is 26.2 Å². The SMILES string of the molecule is COC(=O)[C@@H](C)CC#CC1CC1. The summed E-state index contributed by atoms with van der Waals surface area (Å²) >= 11 is 0. The van der Waals surface area contributed by atoms with Crippen LogP contribution < -0.4 is 0 Å². The molecule has 0 saturated heterocycles. The smallest absolute Gasteiger partial charge is 0.309 e. The Morgan fingerprint density at radius 3 is 2.83 bits per heavy atom. The van der Waals surface area contributed by atoms with E-state index in [9.17, 15) is 4.79 Å². The van der Waals surface area contributed by atoms with Gasteiger partial charge in [0.05, 0.1) is 13.0 Å². The lowest BCUT2D eigenvalue weighted by Crippen LogP contribution is -2.11. The van der Waals surface area contributed by atoms with E-state index < -0.39 is 0 Å². The first kappa shape index (κ1) is 9.12. The molecule has 0 N–H and O–H groups in total. The second-order valence-corrected chi connectivity index (χ2v) is 3.22. The average molecular weight is 166 g/mol. The van der Waals surface area contributed by atoms with Crippen molar-refractivity contribution in [1.82, 2.24) is 0 Å². The molecule has 12 heavy (non-hydrogen) atoms. The van der Waals surface area contributed by atoms with Crippen molar-refractivity contribution in [2.75, 3.05) is 7.11 Å². The van der Waals surface area contributed by atoms with Crippen LogP contribution >= 0.6 is 0 Å². The van der Waals surface area contributed by atoms with Gasteiger partial charge in [-0.15, -0.1) is 5.92 Å². The monoisotopic (exact) mass is 166 g/mol. The molecule has 0 heterocycles. The third-order valence-electron chi connectivity index (χ3n) is 1.90. The van der Waals surface area contributed by atoms with E-state index in [1.165, 1.54) is 20.0 Å². The highest BCUT2D eigenvalue weighted by molar-refractivity contribution is 5.72. The van der Waals surface area contributed by atoms with E-state index in [1.54, 1.807) is 0 Å². The third kappa shape index (κ3) is 2.96. The minimum absolute atomic E-state index is 0.0822. The first-order chi connectivity index (χ1) is 5.74. The molecule has 1 aliphatic carbocycles. The highest BCUT2D eigenvalue weighted by atomic mass is 16.5. The number of carbonyl (C=O) groups excluding carboxylic acids is 1. The molecular weight excluding hydrogens is 152 g/mol. The van der Waals surface area contributed by atoms with Gasteiger partial charge in [-0.3, -0.25) is 4.79 Å². The fourth-order valence-corrected chi connectivity index (χ4v) is 0.869. The van der Waals surface area contributed by atoms with Gasteiger partial charge < -0.3 is 4.74 Å². The number of rotatable bonds is 2. The van der Waals surface area contributed by atoms with E-state index >= 15 is 0 Å². The normalized spacial score (nSPS) is 17.5. The van der Waals surface area contributed by atoms with Crippen molar-refractivity contribution in [1.29, 1.82) is 0 Å². The summed E-state index contributed by atoms with van der Waals surface area (Å²) in [6.07, 6.45) is 3.10. The van der Waals surface area contributed by atoms with Gasteiger partial charge in [0.1, 0.15) is 0 Å². The standard InChI is InChI=1S/C10H14O2/c1-8(10(11)12-2)4-3-5-9-6-7-9/h8-9H,4,6-7H2,1-2H3/t8-/m0/s1. The van der Waals surface area contributed by atoms with Crippen LogP contribution in [0.3, 0.4) is 0 Å². The number of hydrogen-bond donors (Lipinski definition) is 0. The summed E-state index contributed by atoms with van der Waals surface area (Å²) in [4.78, 5) is 10.9. The van der Waals surface area contributed by atoms with Gasteiger partial charge in [-0.25, -0.2) is 0 Å². The maximum absolute atomic E-state index is 10.9. The van der Waals surface area contributed by atoms with Crippen molar-refractivity contribution >= 4 is 5.97 Å². The fraction of sp³-hybridized carbons (Fsp3) is 0.700. The molecule has 0 unspecified atom stereocenters. The first-order valence-corrected chi connectivity index (χ1v) is 4.30. The fourth-order valence-electron chi connectivity index (χ4n) is 0.869. The van der Waals surface area contributed by atoms with Crippen molar-refractivity contribution in [3.8, 4) is 11.8 Å². The zero-order valence-electron chi connectivity index (χ0n) is 7.59. The molecule has 0 aromatic rings. The largest absolute Gasteiger partial charge is 0.469 e. The number of carbonyl (C=O) groups is 1. The van der Waals surface area contributed by atoms with Crippen molar-refractivity contribution < 1.29 is 9.53 Å². The molecule has 0 amide bonds. The van der Waals surface area contributed by atoms with E-state index in [-0.39, 0.29) is 11.9 Å². The Labute approximate surface area is 73.3 Å². The molecular formula is C10H14O2. The lowest BCUT2D eigenvalue weighted by atomic mass is 10.1. The highest BCUT2D eigenvalue weighted by Gasteiger charge is 2.18. The molecule has 1 aliphatic rings. The topological polar surface area (TPSA) is 26.3 Å². The second kappa shape index (κ2) is 4.15. The zero-order chi connectivity index (χ0) is 8.97. The molecule has 0 radical (unpaired) electrons. The van der Waals surface area contributed by atoms with Crippen molar-refractivity contribution in [2.24, 2.45) is 11.8 Å². The summed E-state index contributed by atoms with van der Waals surface area (Å²) in [6.45, 7) is 1.84. The Balaban J connectivity index is 2.21. The van der Waals surface area contributed by atoms with Crippen LogP contribution in [0.15, 0.2) is 0 Å². The van der Waals surface area contributed by atoms with Crippen LogP contribution in [0.25, 0.3) is 0 Å². The van der Waals surface area contributed by atoms with Gasteiger partial charge in [0, 0.05) is 12.3 Å². The van der Waals surface area contributed by atoms with Gasteiger partial charge in [0.2, 0.25) is 0 Å². The van der Waals surface area contributed by atoms with Crippen molar-refractivity contribution in [3.63, 3.8) is 0 Å². The van der Waals surface area contributed by atoms with Crippen molar-refractivity contribution in [3.05, 3.63) is 0 Å². The van der Waals surface area contributed by atoms with Crippen LogP contribution in [-0.2, 0) is 9.53 Å². The molecule has 0 aromatic heterocycles. The molecule has 2 nitrogen and oxygen atoms in total. The van der Waals surface area contributed by atoms with Gasteiger partial charge in [0.15, 0.2) is 0 Å². The molecule has 1 atom stereocenters. The Kier molecular flexibility index (Phi) is 3.16. The van der Waals surface area contributed by atoms with E-state index in [2.05, 4.69) is 16.6 Å². The minimum Gasteiger partial charge on any atom is -0.469 e. The lowest BCUT2D eigenvalue weighted by molar-refractivity contribution is -0.144. The predicted molar refractivity (Wildman–Crippen MR) is 46.3 cm³/mol. The summed E-state index contributed by atoms with van der Waals surface area (Å²) in [5.74, 6) is 6.49. The van der Waals surface area contributed by atoms with Gasteiger partial charge in [-0.2, -0.15) is 0 Å². The molecule has 0 aromatic carbocycles. The molecule has 1 saturated carbocycles. The Hall–Kier alpha value is -0.970. The molecule has 1 rings (SSSR count). The third-order valence-corrected chi connectivity index (χ3v) is 1.90. The van der Waals surface area contributed by atoms with E-state index in [1.807, 2.05) is 6.92 Å². The van der Waals surface area contributed by atoms with Crippen LogP contribution in [0.1, 0.15) is 26.2 Å². The van der Waals surface area contributed by atoms with Crippen LogP contribution in [0.5, 0.6) is 0 Å². The average Bonchev–Trinajstić information content (AvgIpc) is 2.86. The Bertz CT molecular complexity index is 218. The maximum atomic E-state index is 10.9. The van der Waals surface area contributed by atoms with E-state index in [0.29, 0.717) is 12.3 Å². The van der Waals surface area contributed by atoms with Crippen LogP contribution in [0.2, 0.25) is 0 Å². The number of ether oxygens (including phenoxy) is 1. The molecule has 0 aliphatic heterocycles. The summed E-state index contributed by atoms with van der Waals surface area (Å²) in [7, 11) is 1.41. The summed E-state index contributed by atoms with van der Waals surface area (Å²) in [6, 6.07) is 0. The van der Waals surface area contributed by atoms with Crippen LogP contribution in [0.4, 0.5) is 0 Å². The number of esters is 1. The Morgan fingerprint density at radius 2 is 2.33 bits per heavy atom. The van der Waals surface area contributed by atoms with E-state index in [4.69, 9.17) is 0 Å². The molecule has 0 spiro atoms. The minimum atomic E-state index is -0.167. The van der Waals surface area contributed by atoms with Gasteiger partial charge in [0.25, 0.3) is 0 Å². The predicted octanol–water partition coefficient (Wildman–Crippen LogP) is 1.60. The highest BCUT2D eigenvalue weighted by Crippen LogP contribution is 2.27. The summed E-state index contributed by atoms with van der Waals surface area (Å²) in [5.41, 5.74) is 0. The van der Waals surface area contributed by atoms with Crippen LogP contribution in [0, 0.1) is 23.7 Å². The molecule has 66 valence electrons. The number of hydrogen-bond acceptors (Lipinski definition) is 2. The van der Waals surface area contributed by atoms with Gasteiger partial charge in [-0.1, -0.05) is 12.8 Å². The maximum Gasteiger partial charge on any atom is 0.309 e. The quantitative estimate of drug-likeness (QED) is 0.460. The lowest BCUT2D eigenvalue weighted by Gasteiger charge is -2.02. The molecule has 0 bridgehead atoms. The van der Waals surface area contributed by atoms with Gasteiger partial charge >= 0.3 is 5.97 Å². The molecule has 2 heteroatoms. The Morgan fingerprint density at radius 1 is 1.67 bits per heavy atom. The summed E-state index contributed by atoms with van der Waals surface area (Å²) < 4.78 is 4.58. The molecule has 1 fully saturated rings.